The number of halogens is 1. The molecule has 7 heteroatoms. The molecule has 2 rings (SSSR count). The monoisotopic (exact) mass is 461 g/mol. The lowest BCUT2D eigenvalue weighted by Crippen LogP contribution is -2.33. The first-order chi connectivity index (χ1) is 13.8. The highest BCUT2D eigenvalue weighted by atomic mass is 79.9. The van der Waals surface area contributed by atoms with E-state index in [0.717, 1.165) is 22.9 Å². The summed E-state index contributed by atoms with van der Waals surface area (Å²) in [6.07, 6.45) is 2.44. The van der Waals surface area contributed by atoms with Crippen LogP contribution in [-0.4, -0.2) is 46.4 Å². The highest BCUT2D eigenvalue weighted by Crippen LogP contribution is 2.15. The van der Waals surface area contributed by atoms with Gasteiger partial charge in [-0.25, -0.2) is 0 Å². The van der Waals surface area contributed by atoms with Gasteiger partial charge < -0.3 is 15.3 Å². The summed E-state index contributed by atoms with van der Waals surface area (Å²) in [7, 11) is 0. The molecule has 0 fully saturated rings. The minimum atomic E-state index is -0.914. The highest BCUT2D eigenvalue weighted by molar-refractivity contribution is 9.10. The van der Waals surface area contributed by atoms with Crippen molar-refractivity contribution >= 4 is 27.7 Å². The third-order valence-corrected chi connectivity index (χ3v) is 4.88. The van der Waals surface area contributed by atoms with E-state index >= 15 is 0 Å². The van der Waals surface area contributed by atoms with Crippen LogP contribution in [0, 0.1) is 6.92 Å². The van der Waals surface area contributed by atoms with E-state index in [9.17, 15) is 14.7 Å². The second-order valence-electron chi connectivity index (χ2n) is 7.01. The van der Waals surface area contributed by atoms with Gasteiger partial charge in [-0.2, -0.15) is 0 Å². The van der Waals surface area contributed by atoms with Crippen molar-refractivity contribution in [2.24, 2.45) is 0 Å². The van der Waals surface area contributed by atoms with Crippen molar-refractivity contribution in [3.05, 3.63) is 63.4 Å². The van der Waals surface area contributed by atoms with Crippen LogP contribution >= 0.6 is 15.9 Å². The summed E-state index contributed by atoms with van der Waals surface area (Å²) in [6, 6.07) is 8.64. The number of hydrogen-bond donors (Lipinski definition) is 2. The van der Waals surface area contributed by atoms with Crippen LogP contribution in [-0.2, 0) is 0 Å². The summed E-state index contributed by atoms with van der Waals surface area (Å²) in [5.41, 5.74) is 2.22. The minimum Gasteiger partial charge on any atom is -0.385 e. The number of nitrogens with one attached hydrogen (secondary N) is 1. The third kappa shape index (κ3) is 6.65. The predicted octanol–water partition coefficient (Wildman–Crippen LogP) is 3.88. The Bertz CT molecular complexity index is 834. The standard InChI is InChI=1S/C22H28BrN3O3/c1-4-8-26(9-5-2)22(29)17-11-15(3)10-16(12-17)21(28)25-14-20(27)19-7-6-18(23)13-24-19/h6-7,10-13,20,27H,4-5,8-9,14H2,1-3H3,(H,25,28). The van der Waals surface area contributed by atoms with Crippen LogP contribution in [0.2, 0.25) is 0 Å². The maximum Gasteiger partial charge on any atom is 0.253 e. The van der Waals surface area contributed by atoms with Gasteiger partial charge in [0.2, 0.25) is 0 Å². The molecule has 0 spiro atoms. The SMILES string of the molecule is CCCN(CCC)C(=O)c1cc(C)cc(C(=O)NCC(O)c2ccc(Br)cn2)c1. The van der Waals surface area contributed by atoms with Crippen molar-refractivity contribution in [1.82, 2.24) is 15.2 Å². The molecular weight excluding hydrogens is 434 g/mol. The van der Waals surface area contributed by atoms with E-state index in [1.165, 1.54) is 0 Å². The van der Waals surface area contributed by atoms with Crippen molar-refractivity contribution in [1.29, 1.82) is 0 Å². The molecule has 1 unspecified atom stereocenters. The van der Waals surface area contributed by atoms with E-state index in [0.29, 0.717) is 29.9 Å². The van der Waals surface area contributed by atoms with Crippen LogP contribution in [0.25, 0.3) is 0 Å². The second-order valence-corrected chi connectivity index (χ2v) is 7.92. The van der Waals surface area contributed by atoms with Crippen LogP contribution in [0.3, 0.4) is 0 Å². The third-order valence-electron chi connectivity index (χ3n) is 4.41. The van der Waals surface area contributed by atoms with Gasteiger partial charge in [0.15, 0.2) is 0 Å². The summed E-state index contributed by atoms with van der Waals surface area (Å²) < 4.78 is 0.814. The zero-order chi connectivity index (χ0) is 21.4. The molecule has 0 bridgehead atoms. The van der Waals surface area contributed by atoms with Gasteiger partial charge in [0, 0.05) is 41.4 Å². The molecule has 0 saturated heterocycles. The van der Waals surface area contributed by atoms with Gasteiger partial charge >= 0.3 is 0 Å². The lowest BCUT2D eigenvalue weighted by molar-refractivity contribution is 0.0755. The molecule has 29 heavy (non-hydrogen) atoms. The number of carbonyl (C=O) groups is 2. The van der Waals surface area contributed by atoms with Crippen molar-refractivity contribution in [2.45, 2.75) is 39.7 Å². The van der Waals surface area contributed by atoms with Crippen molar-refractivity contribution in [3.8, 4) is 0 Å². The second kappa shape index (κ2) is 11.1. The molecule has 1 aromatic carbocycles. The average Bonchev–Trinajstić information content (AvgIpc) is 2.71. The average molecular weight is 462 g/mol. The normalized spacial score (nSPS) is 11.8. The molecule has 0 aliphatic rings. The predicted molar refractivity (Wildman–Crippen MR) is 117 cm³/mol. The number of carbonyl (C=O) groups excluding carboxylic acids is 2. The van der Waals surface area contributed by atoms with Crippen LogP contribution in [0.5, 0.6) is 0 Å². The molecule has 6 nitrogen and oxygen atoms in total. The van der Waals surface area contributed by atoms with Gasteiger partial charge in [-0.3, -0.25) is 14.6 Å². The summed E-state index contributed by atoms with van der Waals surface area (Å²) >= 11 is 3.30. The molecule has 1 aromatic heterocycles. The lowest BCUT2D eigenvalue weighted by Gasteiger charge is -2.22. The zero-order valence-electron chi connectivity index (χ0n) is 17.1. The number of amides is 2. The fourth-order valence-corrected chi connectivity index (χ4v) is 3.29. The number of aromatic nitrogens is 1. The molecule has 0 saturated carbocycles. The molecule has 2 amide bonds. The number of aryl methyl sites for hydroxylation is 1. The summed E-state index contributed by atoms with van der Waals surface area (Å²) in [6.45, 7) is 7.34. The summed E-state index contributed by atoms with van der Waals surface area (Å²) in [5.74, 6) is -0.401. The summed E-state index contributed by atoms with van der Waals surface area (Å²) in [4.78, 5) is 31.4. The van der Waals surface area contributed by atoms with Crippen molar-refractivity contribution in [2.75, 3.05) is 19.6 Å². The molecule has 0 aliphatic carbocycles. The van der Waals surface area contributed by atoms with E-state index in [1.54, 1.807) is 36.5 Å². The van der Waals surface area contributed by atoms with Crippen LogP contribution in [0.15, 0.2) is 41.0 Å². The highest BCUT2D eigenvalue weighted by Gasteiger charge is 2.18. The Labute approximate surface area is 180 Å². The molecule has 156 valence electrons. The Kier molecular flexibility index (Phi) is 8.79. The molecule has 2 aromatic rings. The van der Waals surface area contributed by atoms with Crippen molar-refractivity contribution < 1.29 is 14.7 Å². The van der Waals surface area contributed by atoms with Gasteiger partial charge in [0.05, 0.1) is 5.69 Å². The Hall–Kier alpha value is -2.25. The fourth-order valence-electron chi connectivity index (χ4n) is 3.06. The Morgan fingerprint density at radius 2 is 1.79 bits per heavy atom. The van der Waals surface area contributed by atoms with Gasteiger partial charge in [-0.05, 0) is 71.6 Å². The lowest BCUT2D eigenvalue weighted by atomic mass is 10.0. The number of pyridine rings is 1. The molecule has 1 atom stereocenters. The Morgan fingerprint density at radius 3 is 2.38 bits per heavy atom. The van der Waals surface area contributed by atoms with Crippen LogP contribution in [0.1, 0.15) is 64.8 Å². The summed E-state index contributed by atoms with van der Waals surface area (Å²) in [5, 5.41) is 13.0. The number of aliphatic hydroxyl groups is 1. The molecular formula is C22H28BrN3O3. The molecule has 0 aliphatic heterocycles. The first kappa shape index (κ1) is 23.0. The van der Waals surface area contributed by atoms with E-state index in [2.05, 4.69) is 26.2 Å². The van der Waals surface area contributed by atoms with Gasteiger partial charge in [-0.1, -0.05) is 13.8 Å². The van der Waals surface area contributed by atoms with E-state index in [4.69, 9.17) is 0 Å². The van der Waals surface area contributed by atoms with E-state index in [-0.39, 0.29) is 18.4 Å². The van der Waals surface area contributed by atoms with Gasteiger partial charge in [0.25, 0.3) is 11.8 Å². The number of aliphatic hydroxyl groups excluding tert-OH is 1. The number of benzene rings is 1. The smallest absolute Gasteiger partial charge is 0.253 e. The molecule has 0 radical (unpaired) electrons. The fraction of sp³-hybridized carbons (Fsp3) is 0.409. The van der Waals surface area contributed by atoms with Gasteiger partial charge in [0.1, 0.15) is 6.10 Å². The number of hydrogen-bond acceptors (Lipinski definition) is 4. The maximum atomic E-state index is 12.9. The molecule has 1 heterocycles. The Morgan fingerprint density at radius 1 is 1.14 bits per heavy atom. The van der Waals surface area contributed by atoms with Gasteiger partial charge in [-0.15, -0.1) is 0 Å². The number of nitrogens with zero attached hydrogens (tertiary/aromatic N) is 2. The van der Waals surface area contributed by atoms with Crippen LogP contribution in [0.4, 0.5) is 0 Å². The topological polar surface area (TPSA) is 82.5 Å². The first-order valence-corrected chi connectivity index (χ1v) is 10.6. The van der Waals surface area contributed by atoms with Crippen LogP contribution < -0.4 is 5.32 Å². The number of rotatable bonds is 9. The van der Waals surface area contributed by atoms with E-state index in [1.807, 2.05) is 25.7 Å². The maximum absolute atomic E-state index is 12.9. The van der Waals surface area contributed by atoms with Crippen molar-refractivity contribution in [3.63, 3.8) is 0 Å². The zero-order valence-corrected chi connectivity index (χ0v) is 18.7. The first-order valence-electron chi connectivity index (χ1n) is 9.84. The Balaban J connectivity index is 2.10. The minimum absolute atomic E-state index is 0.0302. The largest absolute Gasteiger partial charge is 0.385 e. The van der Waals surface area contributed by atoms with E-state index < -0.39 is 6.10 Å². The quantitative estimate of drug-likeness (QED) is 0.593. The molecule has 2 N–H and O–H groups in total.